The molecule has 4 rings (SSSR count). The molecule has 2 N–H and O–H groups in total. The Bertz CT molecular complexity index is 1100. The summed E-state index contributed by atoms with van der Waals surface area (Å²) in [5.74, 6) is -1.57. The average molecular weight is 457 g/mol. The van der Waals surface area contributed by atoms with Crippen LogP contribution in [0.4, 0.5) is 24.4 Å². The van der Waals surface area contributed by atoms with Crippen molar-refractivity contribution in [2.75, 3.05) is 23.7 Å². The molecule has 6 nitrogen and oxygen atoms in total. The first kappa shape index (κ1) is 21.9. The van der Waals surface area contributed by atoms with Crippen LogP contribution in [0.3, 0.4) is 0 Å². The molecular weight excluding hydrogens is 434 g/mol. The largest absolute Gasteiger partial charge is 0.324 e. The Morgan fingerprint density at radius 1 is 1.06 bits per heavy atom. The fourth-order valence-corrected chi connectivity index (χ4v) is 4.41. The van der Waals surface area contributed by atoms with Gasteiger partial charge in [-0.2, -0.15) is 0 Å². The number of anilines is 2. The van der Waals surface area contributed by atoms with Gasteiger partial charge in [0.15, 0.2) is 5.13 Å². The normalized spacial score (nSPS) is 14.2. The molecule has 3 amide bonds. The first-order valence-corrected chi connectivity index (χ1v) is 11.1. The lowest BCUT2D eigenvalue weighted by Crippen LogP contribution is -2.43. The Balaban J connectivity index is 1.26. The molecule has 0 saturated carbocycles. The van der Waals surface area contributed by atoms with E-state index in [0.717, 1.165) is 16.6 Å². The summed E-state index contributed by atoms with van der Waals surface area (Å²) in [4.78, 5) is 31.7. The molecule has 3 aromatic rings. The van der Waals surface area contributed by atoms with E-state index in [1.807, 2.05) is 30.3 Å². The van der Waals surface area contributed by atoms with Crippen LogP contribution in [-0.2, 0) is 11.2 Å². The Hall–Kier alpha value is -3.33. The molecule has 0 bridgehead atoms. The molecule has 1 aliphatic rings. The minimum absolute atomic E-state index is 0.137. The number of hydrogen-bond acceptors (Lipinski definition) is 4. The molecule has 0 atom stereocenters. The van der Waals surface area contributed by atoms with Gasteiger partial charge in [-0.25, -0.2) is 18.6 Å². The quantitative estimate of drug-likeness (QED) is 0.574. The number of nitrogens with one attached hydrogen (secondary N) is 2. The van der Waals surface area contributed by atoms with Crippen molar-refractivity contribution in [3.8, 4) is 0 Å². The number of hydrogen-bond donors (Lipinski definition) is 2. The summed E-state index contributed by atoms with van der Waals surface area (Å²) in [7, 11) is 0. The van der Waals surface area contributed by atoms with E-state index in [1.165, 1.54) is 23.5 Å². The van der Waals surface area contributed by atoms with Crippen LogP contribution in [0.25, 0.3) is 0 Å². The van der Waals surface area contributed by atoms with Gasteiger partial charge in [0, 0.05) is 48.3 Å². The minimum Gasteiger partial charge on any atom is -0.324 e. The number of halogens is 2. The Labute approximate surface area is 188 Å². The highest BCUT2D eigenvalue weighted by atomic mass is 32.1. The van der Waals surface area contributed by atoms with Crippen molar-refractivity contribution in [2.24, 2.45) is 5.92 Å². The molecule has 1 aliphatic heterocycles. The number of benzene rings is 2. The highest BCUT2D eigenvalue weighted by Crippen LogP contribution is 2.25. The van der Waals surface area contributed by atoms with E-state index in [2.05, 4.69) is 15.6 Å². The van der Waals surface area contributed by atoms with Gasteiger partial charge in [-0.05, 0) is 36.6 Å². The predicted molar refractivity (Wildman–Crippen MR) is 120 cm³/mol. The summed E-state index contributed by atoms with van der Waals surface area (Å²) in [5, 5.41) is 6.12. The molecule has 9 heteroatoms. The number of rotatable bonds is 5. The van der Waals surface area contributed by atoms with Crippen LogP contribution in [0.5, 0.6) is 0 Å². The third-order valence-corrected chi connectivity index (χ3v) is 6.25. The lowest BCUT2D eigenvalue weighted by molar-refractivity contribution is -0.121. The van der Waals surface area contributed by atoms with E-state index < -0.39 is 11.6 Å². The molecule has 0 spiro atoms. The molecule has 2 aromatic carbocycles. The fraction of sp³-hybridized carbons (Fsp3) is 0.261. The lowest BCUT2D eigenvalue weighted by atomic mass is 9.96. The molecule has 1 aromatic heterocycles. The zero-order chi connectivity index (χ0) is 22.5. The molecule has 0 radical (unpaired) electrons. The summed E-state index contributed by atoms with van der Waals surface area (Å²) in [5.41, 5.74) is 1.10. The fourth-order valence-electron chi connectivity index (χ4n) is 3.58. The van der Waals surface area contributed by atoms with Gasteiger partial charge in [-0.1, -0.05) is 24.3 Å². The minimum atomic E-state index is -0.618. The van der Waals surface area contributed by atoms with Crippen molar-refractivity contribution < 1.29 is 18.4 Å². The number of carbonyl (C=O) groups is 2. The van der Waals surface area contributed by atoms with Gasteiger partial charge in [0.25, 0.3) is 0 Å². The van der Waals surface area contributed by atoms with Crippen LogP contribution in [-0.4, -0.2) is 34.9 Å². The molecule has 1 fully saturated rings. The van der Waals surface area contributed by atoms with Crippen LogP contribution in [0.15, 0.2) is 54.7 Å². The number of thiazole rings is 1. The molecular formula is C23H22F2N4O2S. The molecule has 2 heterocycles. The third kappa shape index (κ3) is 5.47. The van der Waals surface area contributed by atoms with Gasteiger partial charge < -0.3 is 15.5 Å². The highest BCUT2D eigenvalue weighted by Gasteiger charge is 2.28. The van der Waals surface area contributed by atoms with E-state index >= 15 is 0 Å². The summed E-state index contributed by atoms with van der Waals surface area (Å²) >= 11 is 1.26. The number of carbonyl (C=O) groups excluding carboxylic acids is 2. The van der Waals surface area contributed by atoms with Crippen molar-refractivity contribution in [1.82, 2.24) is 9.88 Å². The van der Waals surface area contributed by atoms with Gasteiger partial charge >= 0.3 is 6.03 Å². The van der Waals surface area contributed by atoms with Crippen LogP contribution < -0.4 is 10.6 Å². The lowest BCUT2D eigenvalue weighted by Gasteiger charge is -2.31. The Morgan fingerprint density at radius 3 is 2.53 bits per heavy atom. The second-order valence-electron chi connectivity index (χ2n) is 7.59. The van der Waals surface area contributed by atoms with E-state index in [9.17, 15) is 18.4 Å². The predicted octanol–water partition coefficient (Wildman–Crippen LogP) is 4.89. The van der Waals surface area contributed by atoms with Crippen LogP contribution in [0.1, 0.15) is 23.3 Å². The van der Waals surface area contributed by atoms with Crippen molar-refractivity contribution in [3.05, 3.63) is 76.8 Å². The number of aromatic nitrogens is 1. The van der Waals surface area contributed by atoms with E-state index in [0.29, 0.717) is 36.6 Å². The van der Waals surface area contributed by atoms with Gasteiger partial charge in [0.2, 0.25) is 5.91 Å². The van der Waals surface area contributed by atoms with Crippen LogP contribution >= 0.6 is 11.3 Å². The van der Waals surface area contributed by atoms with Crippen molar-refractivity contribution in [3.63, 3.8) is 0 Å². The maximum Gasteiger partial charge on any atom is 0.321 e. The van der Waals surface area contributed by atoms with Crippen molar-refractivity contribution >= 4 is 34.1 Å². The second kappa shape index (κ2) is 9.86. The third-order valence-electron chi connectivity index (χ3n) is 5.34. The van der Waals surface area contributed by atoms with Gasteiger partial charge in [-0.15, -0.1) is 11.3 Å². The van der Waals surface area contributed by atoms with Crippen molar-refractivity contribution in [1.29, 1.82) is 0 Å². The number of urea groups is 1. The summed E-state index contributed by atoms with van der Waals surface area (Å²) in [6, 6.07) is 12.5. The van der Waals surface area contributed by atoms with Gasteiger partial charge in [0.05, 0.1) is 0 Å². The Morgan fingerprint density at radius 2 is 1.81 bits per heavy atom. The summed E-state index contributed by atoms with van der Waals surface area (Å²) < 4.78 is 26.9. The van der Waals surface area contributed by atoms with Crippen LogP contribution in [0.2, 0.25) is 0 Å². The Kier molecular flexibility index (Phi) is 6.75. The van der Waals surface area contributed by atoms with E-state index in [4.69, 9.17) is 0 Å². The number of amides is 3. The maximum absolute atomic E-state index is 13.8. The first-order valence-electron chi connectivity index (χ1n) is 10.3. The topological polar surface area (TPSA) is 74.3 Å². The average Bonchev–Trinajstić information content (AvgIpc) is 3.23. The molecule has 166 valence electrons. The van der Waals surface area contributed by atoms with E-state index in [-0.39, 0.29) is 24.3 Å². The van der Waals surface area contributed by atoms with Gasteiger partial charge in [-0.3, -0.25) is 4.79 Å². The van der Waals surface area contributed by atoms with E-state index in [1.54, 1.807) is 11.1 Å². The standard InChI is InChI=1S/C23H22F2N4O2S/c24-17-7-6-16(20(25)13-17)12-19-14-26-22(32-19)28-21(30)15-8-10-29(11-9-15)23(31)27-18-4-2-1-3-5-18/h1-7,13-15H,8-12H2,(H,27,31)(H,26,28,30). The number of nitrogens with zero attached hydrogens (tertiary/aromatic N) is 2. The first-order chi connectivity index (χ1) is 15.5. The zero-order valence-electron chi connectivity index (χ0n) is 17.2. The van der Waals surface area contributed by atoms with Crippen molar-refractivity contribution in [2.45, 2.75) is 19.3 Å². The maximum atomic E-state index is 13.8. The van der Waals surface area contributed by atoms with Crippen LogP contribution in [0, 0.1) is 17.6 Å². The molecule has 32 heavy (non-hydrogen) atoms. The van der Waals surface area contributed by atoms with Gasteiger partial charge in [0.1, 0.15) is 11.6 Å². The molecule has 1 saturated heterocycles. The second-order valence-corrected chi connectivity index (χ2v) is 8.71. The summed E-state index contributed by atoms with van der Waals surface area (Å²) in [6.45, 7) is 0.980. The zero-order valence-corrected chi connectivity index (χ0v) is 18.0. The number of piperidine rings is 1. The monoisotopic (exact) mass is 456 g/mol. The molecule has 0 aliphatic carbocycles. The summed E-state index contributed by atoms with van der Waals surface area (Å²) in [6.07, 6.45) is 2.98. The smallest absolute Gasteiger partial charge is 0.321 e. The number of likely N-dealkylation sites (tertiary alicyclic amines) is 1. The SMILES string of the molecule is O=C(Nc1ncc(Cc2ccc(F)cc2F)s1)C1CCN(C(=O)Nc2ccccc2)CC1. The number of para-hydroxylation sites is 1. The molecule has 0 unspecified atom stereocenters. The highest BCUT2D eigenvalue weighted by molar-refractivity contribution is 7.15.